The number of thioether (sulfide) groups is 1. The predicted molar refractivity (Wildman–Crippen MR) is 116 cm³/mol. The zero-order chi connectivity index (χ0) is 19.9. The van der Waals surface area contributed by atoms with Crippen LogP contribution in [0.15, 0.2) is 52.9 Å². The van der Waals surface area contributed by atoms with E-state index in [9.17, 15) is 4.79 Å². The summed E-state index contributed by atoms with van der Waals surface area (Å²) in [7, 11) is 5.58. The first kappa shape index (κ1) is 20.0. The number of hydrogen-bond acceptors (Lipinski definition) is 8. The van der Waals surface area contributed by atoms with E-state index in [1.807, 2.05) is 67.5 Å². The van der Waals surface area contributed by atoms with Gasteiger partial charge in [-0.2, -0.15) is 0 Å². The van der Waals surface area contributed by atoms with Gasteiger partial charge in [-0.05, 0) is 36.4 Å². The number of carbonyl (C=O) groups excluding carboxylic acids is 1. The Hall–Kier alpha value is -2.78. The Morgan fingerprint density at radius 2 is 1.93 bits per heavy atom. The van der Waals surface area contributed by atoms with Crippen LogP contribution >= 0.6 is 23.1 Å². The van der Waals surface area contributed by atoms with Crippen molar-refractivity contribution in [3.8, 4) is 5.75 Å². The molecule has 0 spiro atoms. The van der Waals surface area contributed by atoms with Gasteiger partial charge in [0.25, 0.3) is 0 Å². The molecule has 3 aromatic rings. The molecule has 0 aliphatic heterocycles. The number of ether oxygens (including phenoxy) is 1. The molecule has 0 radical (unpaired) electrons. The summed E-state index contributed by atoms with van der Waals surface area (Å²) in [4.78, 5) is 14.2. The number of benzene rings is 2. The first-order valence-corrected chi connectivity index (χ1v) is 10.3. The van der Waals surface area contributed by atoms with E-state index in [0.717, 1.165) is 27.2 Å². The Morgan fingerprint density at radius 3 is 2.64 bits per heavy atom. The van der Waals surface area contributed by atoms with Crippen molar-refractivity contribution in [3.05, 3.63) is 48.5 Å². The standard InChI is InChI=1S/C19H21N5O2S2/c1-24(2)15-9-7-13(8-10-15)20-17(25)12-27-19-23-22-18(28-19)21-14-5-4-6-16(11-14)26-3/h4-11H,12H2,1-3H3,(H,20,25)(H,21,22). The SMILES string of the molecule is COc1cccc(Nc2nnc(SCC(=O)Nc3ccc(N(C)C)cc3)s2)c1. The van der Waals surface area contributed by atoms with Crippen molar-refractivity contribution in [2.24, 2.45) is 0 Å². The van der Waals surface area contributed by atoms with Crippen LogP contribution in [0.25, 0.3) is 0 Å². The van der Waals surface area contributed by atoms with E-state index in [0.29, 0.717) is 5.13 Å². The number of methoxy groups -OCH3 is 1. The molecule has 0 bridgehead atoms. The molecule has 1 amide bonds. The normalized spacial score (nSPS) is 10.4. The van der Waals surface area contributed by atoms with Crippen LogP contribution in [-0.2, 0) is 4.79 Å². The number of hydrogen-bond donors (Lipinski definition) is 2. The second-order valence-corrected chi connectivity index (χ2v) is 8.21. The Bertz CT molecular complexity index is 928. The molecule has 0 aliphatic rings. The summed E-state index contributed by atoms with van der Waals surface area (Å²) in [6, 6.07) is 15.3. The zero-order valence-electron chi connectivity index (χ0n) is 15.8. The first-order chi connectivity index (χ1) is 13.5. The molecule has 1 heterocycles. The molecule has 2 N–H and O–H groups in total. The summed E-state index contributed by atoms with van der Waals surface area (Å²) in [6.45, 7) is 0. The molecule has 7 nitrogen and oxygen atoms in total. The predicted octanol–water partition coefficient (Wildman–Crippen LogP) is 4.09. The molecule has 1 aromatic heterocycles. The van der Waals surface area contributed by atoms with E-state index in [1.54, 1.807) is 7.11 Å². The molecule has 28 heavy (non-hydrogen) atoms. The van der Waals surface area contributed by atoms with Crippen molar-refractivity contribution in [2.75, 3.05) is 42.5 Å². The molecule has 2 aromatic carbocycles. The summed E-state index contributed by atoms with van der Waals surface area (Å²) in [5.74, 6) is 0.947. The highest BCUT2D eigenvalue weighted by molar-refractivity contribution is 8.01. The maximum absolute atomic E-state index is 12.2. The Labute approximate surface area is 172 Å². The van der Waals surface area contributed by atoms with Crippen LogP contribution in [0, 0.1) is 0 Å². The largest absolute Gasteiger partial charge is 0.497 e. The average molecular weight is 416 g/mol. The molecule has 0 fully saturated rings. The van der Waals surface area contributed by atoms with Crippen molar-refractivity contribution in [3.63, 3.8) is 0 Å². The first-order valence-electron chi connectivity index (χ1n) is 8.48. The maximum Gasteiger partial charge on any atom is 0.234 e. The highest BCUT2D eigenvalue weighted by atomic mass is 32.2. The minimum absolute atomic E-state index is 0.0832. The fraction of sp³-hybridized carbons (Fsp3) is 0.211. The molecule has 3 rings (SSSR count). The Kier molecular flexibility index (Phi) is 6.72. The lowest BCUT2D eigenvalue weighted by Crippen LogP contribution is -2.14. The number of nitrogens with zero attached hydrogens (tertiary/aromatic N) is 3. The summed E-state index contributed by atoms with van der Waals surface area (Å²) in [5.41, 5.74) is 2.72. The molecule has 146 valence electrons. The van der Waals surface area contributed by atoms with Gasteiger partial charge in [0.15, 0.2) is 4.34 Å². The fourth-order valence-corrected chi connectivity index (χ4v) is 3.88. The van der Waals surface area contributed by atoms with E-state index in [2.05, 4.69) is 20.8 Å². The molecule has 0 aliphatic carbocycles. The third kappa shape index (κ3) is 5.61. The van der Waals surface area contributed by atoms with Crippen LogP contribution in [0.5, 0.6) is 5.75 Å². The van der Waals surface area contributed by atoms with Crippen LogP contribution in [-0.4, -0.2) is 43.1 Å². The third-order valence-corrected chi connectivity index (χ3v) is 5.69. The van der Waals surface area contributed by atoms with E-state index in [1.165, 1.54) is 23.1 Å². The summed E-state index contributed by atoms with van der Waals surface area (Å²) < 4.78 is 5.93. The van der Waals surface area contributed by atoms with E-state index in [-0.39, 0.29) is 11.7 Å². The van der Waals surface area contributed by atoms with Crippen molar-refractivity contribution in [1.82, 2.24) is 10.2 Å². The van der Waals surface area contributed by atoms with Crippen molar-refractivity contribution in [2.45, 2.75) is 4.34 Å². The highest BCUT2D eigenvalue weighted by Crippen LogP contribution is 2.28. The molecule has 0 unspecified atom stereocenters. The number of anilines is 4. The fourth-order valence-electron chi connectivity index (χ4n) is 2.31. The minimum atomic E-state index is -0.0832. The minimum Gasteiger partial charge on any atom is -0.497 e. The van der Waals surface area contributed by atoms with Crippen LogP contribution in [0.2, 0.25) is 0 Å². The van der Waals surface area contributed by atoms with Crippen LogP contribution in [0.4, 0.5) is 22.2 Å². The highest BCUT2D eigenvalue weighted by Gasteiger charge is 2.09. The quantitative estimate of drug-likeness (QED) is 0.537. The van der Waals surface area contributed by atoms with Gasteiger partial charge in [0, 0.05) is 37.2 Å². The van der Waals surface area contributed by atoms with E-state index < -0.39 is 0 Å². The lowest BCUT2D eigenvalue weighted by molar-refractivity contribution is -0.113. The second-order valence-electron chi connectivity index (χ2n) is 6.01. The van der Waals surface area contributed by atoms with Gasteiger partial charge in [0.2, 0.25) is 11.0 Å². The summed E-state index contributed by atoms with van der Waals surface area (Å²) >= 11 is 2.75. The van der Waals surface area contributed by atoms with Gasteiger partial charge in [-0.1, -0.05) is 29.2 Å². The topological polar surface area (TPSA) is 79.4 Å². The number of aromatic nitrogens is 2. The van der Waals surface area contributed by atoms with Crippen LogP contribution in [0.3, 0.4) is 0 Å². The number of nitrogens with one attached hydrogen (secondary N) is 2. The maximum atomic E-state index is 12.2. The van der Waals surface area contributed by atoms with Crippen molar-refractivity contribution in [1.29, 1.82) is 0 Å². The second kappa shape index (κ2) is 9.43. The van der Waals surface area contributed by atoms with Gasteiger partial charge in [-0.15, -0.1) is 10.2 Å². The van der Waals surface area contributed by atoms with Crippen LogP contribution in [0.1, 0.15) is 0 Å². The summed E-state index contributed by atoms with van der Waals surface area (Å²) in [5, 5.41) is 15.0. The number of rotatable bonds is 8. The Morgan fingerprint density at radius 1 is 1.14 bits per heavy atom. The lowest BCUT2D eigenvalue weighted by atomic mass is 10.2. The molecular weight excluding hydrogens is 394 g/mol. The van der Waals surface area contributed by atoms with Crippen LogP contribution < -0.4 is 20.3 Å². The zero-order valence-corrected chi connectivity index (χ0v) is 17.4. The molecule has 0 saturated carbocycles. The molecule has 9 heteroatoms. The summed E-state index contributed by atoms with van der Waals surface area (Å²) in [6.07, 6.45) is 0. The van der Waals surface area contributed by atoms with Gasteiger partial charge in [-0.3, -0.25) is 4.79 Å². The van der Waals surface area contributed by atoms with Crippen molar-refractivity contribution >= 4 is 51.2 Å². The van der Waals surface area contributed by atoms with Gasteiger partial charge in [-0.25, -0.2) is 0 Å². The molecule has 0 atom stereocenters. The van der Waals surface area contributed by atoms with E-state index in [4.69, 9.17) is 4.74 Å². The van der Waals surface area contributed by atoms with Crippen molar-refractivity contribution < 1.29 is 9.53 Å². The van der Waals surface area contributed by atoms with Gasteiger partial charge >= 0.3 is 0 Å². The van der Waals surface area contributed by atoms with Gasteiger partial charge < -0.3 is 20.3 Å². The monoisotopic (exact) mass is 415 g/mol. The third-order valence-electron chi connectivity index (χ3n) is 3.72. The number of carbonyl (C=O) groups is 1. The average Bonchev–Trinajstić information content (AvgIpc) is 3.14. The number of amides is 1. The molecular formula is C19H21N5O2S2. The Balaban J connectivity index is 1.50. The van der Waals surface area contributed by atoms with Gasteiger partial charge in [0.05, 0.1) is 12.9 Å². The van der Waals surface area contributed by atoms with E-state index >= 15 is 0 Å². The lowest BCUT2D eigenvalue weighted by Gasteiger charge is -2.12. The van der Waals surface area contributed by atoms with Gasteiger partial charge in [0.1, 0.15) is 5.75 Å². The smallest absolute Gasteiger partial charge is 0.234 e. The molecule has 0 saturated heterocycles.